The standard InChI is InChI=1S/C21H21ClFN3O2/c1-3-21(28)9-13-6-12(7-14(13)10-21)18-19(26(2)11-24-18)20(27)25-15-4-5-17(23)16(22)8-15/h1,4-5,8,11-14,28H,6-7,9-10H2,2H3,(H,25,27). The first-order valence-corrected chi connectivity index (χ1v) is 9.65. The molecule has 2 N–H and O–H groups in total. The van der Waals surface area contributed by atoms with Crippen LogP contribution in [0.3, 0.4) is 0 Å². The van der Waals surface area contributed by atoms with Crippen molar-refractivity contribution < 1.29 is 14.3 Å². The molecule has 2 fully saturated rings. The lowest BCUT2D eigenvalue weighted by Crippen LogP contribution is -2.23. The van der Waals surface area contributed by atoms with Gasteiger partial charge in [-0.2, -0.15) is 0 Å². The van der Waals surface area contributed by atoms with Gasteiger partial charge in [0.25, 0.3) is 5.91 Å². The molecule has 28 heavy (non-hydrogen) atoms. The predicted octanol–water partition coefficient (Wildman–Crippen LogP) is 3.73. The molecule has 146 valence electrons. The van der Waals surface area contributed by atoms with E-state index in [1.54, 1.807) is 17.9 Å². The summed E-state index contributed by atoms with van der Waals surface area (Å²) in [6.45, 7) is 0. The molecule has 2 aliphatic carbocycles. The fourth-order valence-electron chi connectivity index (χ4n) is 4.79. The Bertz CT molecular complexity index is 967. The number of hydrogen-bond donors (Lipinski definition) is 2. The van der Waals surface area contributed by atoms with Crippen LogP contribution in [0.4, 0.5) is 10.1 Å². The van der Waals surface area contributed by atoms with Crippen LogP contribution >= 0.6 is 11.6 Å². The topological polar surface area (TPSA) is 67.2 Å². The minimum absolute atomic E-state index is 0.0485. The van der Waals surface area contributed by atoms with E-state index in [-0.39, 0.29) is 16.8 Å². The number of aliphatic hydroxyl groups is 1. The fraction of sp³-hybridized carbons (Fsp3) is 0.429. The molecule has 0 bridgehead atoms. The van der Waals surface area contributed by atoms with Crippen molar-refractivity contribution in [1.29, 1.82) is 0 Å². The lowest BCUT2D eigenvalue weighted by atomic mass is 9.93. The van der Waals surface area contributed by atoms with Crippen LogP contribution in [-0.2, 0) is 7.05 Å². The number of nitrogens with zero attached hydrogens (tertiary/aromatic N) is 2. The second kappa shape index (κ2) is 6.91. The summed E-state index contributed by atoms with van der Waals surface area (Å²) in [6.07, 6.45) is 10.0. The number of benzene rings is 1. The molecule has 5 nitrogen and oxygen atoms in total. The fourth-order valence-corrected chi connectivity index (χ4v) is 4.97. The summed E-state index contributed by atoms with van der Waals surface area (Å²) in [5, 5.41) is 13.1. The van der Waals surface area contributed by atoms with Gasteiger partial charge in [-0.25, -0.2) is 9.37 Å². The van der Waals surface area contributed by atoms with E-state index in [0.717, 1.165) is 18.5 Å². The third kappa shape index (κ3) is 3.30. The van der Waals surface area contributed by atoms with Gasteiger partial charge in [0.2, 0.25) is 0 Å². The number of carbonyl (C=O) groups is 1. The highest BCUT2D eigenvalue weighted by Gasteiger charge is 2.49. The number of imidazole rings is 1. The van der Waals surface area contributed by atoms with Crippen molar-refractivity contribution >= 4 is 23.2 Å². The van der Waals surface area contributed by atoms with Gasteiger partial charge in [0.15, 0.2) is 0 Å². The summed E-state index contributed by atoms with van der Waals surface area (Å²) >= 11 is 5.80. The van der Waals surface area contributed by atoms with E-state index in [9.17, 15) is 14.3 Å². The zero-order valence-corrected chi connectivity index (χ0v) is 16.2. The van der Waals surface area contributed by atoms with Crippen LogP contribution in [0.1, 0.15) is 47.8 Å². The first-order valence-electron chi connectivity index (χ1n) is 9.27. The Balaban J connectivity index is 1.53. The molecule has 0 spiro atoms. The number of aromatic nitrogens is 2. The van der Waals surface area contributed by atoms with Crippen molar-refractivity contribution in [2.75, 3.05) is 5.32 Å². The molecule has 1 heterocycles. The van der Waals surface area contributed by atoms with E-state index < -0.39 is 11.4 Å². The van der Waals surface area contributed by atoms with Gasteiger partial charge in [-0.3, -0.25) is 4.79 Å². The molecule has 0 radical (unpaired) electrons. The molecule has 2 atom stereocenters. The Morgan fingerprint density at radius 3 is 2.71 bits per heavy atom. The van der Waals surface area contributed by atoms with Crippen molar-refractivity contribution in [3.8, 4) is 12.3 Å². The van der Waals surface area contributed by atoms with Crippen LogP contribution in [0.2, 0.25) is 5.02 Å². The van der Waals surface area contributed by atoms with Crippen LogP contribution in [0.15, 0.2) is 24.5 Å². The summed E-state index contributed by atoms with van der Waals surface area (Å²) in [5.41, 5.74) is 0.669. The molecule has 4 rings (SSSR count). The van der Waals surface area contributed by atoms with Gasteiger partial charge in [0.05, 0.1) is 17.0 Å². The largest absolute Gasteiger partial charge is 0.378 e. The molecule has 7 heteroatoms. The molecule has 2 aromatic rings. The predicted molar refractivity (Wildman–Crippen MR) is 105 cm³/mol. The zero-order valence-electron chi connectivity index (χ0n) is 15.5. The highest BCUT2D eigenvalue weighted by molar-refractivity contribution is 6.31. The molecule has 2 saturated carbocycles. The number of fused-ring (bicyclic) bond motifs is 1. The minimum Gasteiger partial charge on any atom is -0.378 e. The summed E-state index contributed by atoms with van der Waals surface area (Å²) in [4.78, 5) is 17.4. The second-order valence-corrected chi connectivity index (χ2v) is 8.35. The van der Waals surface area contributed by atoms with E-state index in [2.05, 4.69) is 16.2 Å². The number of halogens is 2. The number of anilines is 1. The SMILES string of the molecule is C#CC1(O)CC2CC(c3ncn(C)c3C(=O)Nc3ccc(F)c(Cl)c3)CC2C1. The Morgan fingerprint density at radius 1 is 1.43 bits per heavy atom. The third-order valence-electron chi connectivity index (χ3n) is 6.05. The molecule has 2 aliphatic rings. The first-order chi connectivity index (χ1) is 13.3. The van der Waals surface area contributed by atoms with Crippen LogP contribution in [0.5, 0.6) is 0 Å². The van der Waals surface area contributed by atoms with E-state index in [4.69, 9.17) is 18.0 Å². The molecular formula is C21H21ClFN3O2. The van der Waals surface area contributed by atoms with Crippen LogP contribution in [-0.4, -0.2) is 26.2 Å². The maximum absolute atomic E-state index is 13.3. The zero-order chi connectivity index (χ0) is 20.1. The van der Waals surface area contributed by atoms with E-state index in [1.165, 1.54) is 18.2 Å². The van der Waals surface area contributed by atoms with Crippen molar-refractivity contribution in [3.05, 3.63) is 46.8 Å². The Kier molecular flexibility index (Phi) is 4.68. The number of terminal acetylenes is 1. The summed E-state index contributed by atoms with van der Waals surface area (Å²) in [6, 6.07) is 4.06. The van der Waals surface area contributed by atoms with Gasteiger partial charge < -0.3 is 15.0 Å². The highest BCUT2D eigenvalue weighted by Crippen LogP contribution is 2.53. The van der Waals surface area contributed by atoms with Crippen molar-refractivity contribution in [3.63, 3.8) is 0 Å². The lowest BCUT2D eigenvalue weighted by Gasteiger charge is -2.18. The molecule has 1 amide bonds. The number of amides is 1. The van der Waals surface area contributed by atoms with Gasteiger partial charge in [0, 0.05) is 18.7 Å². The maximum Gasteiger partial charge on any atom is 0.274 e. The molecular weight excluding hydrogens is 381 g/mol. The summed E-state index contributed by atoms with van der Waals surface area (Å²) in [7, 11) is 1.77. The van der Waals surface area contributed by atoms with Crippen molar-refractivity contribution in [1.82, 2.24) is 9.55 Å². The molecule has 0 aliphatic heterocycles. The minimum atomic E-state index is -0.994. The van der Waals surface area contributed by atoms with Gasteiger partial charge in [-0.05, 0) is 55.7 Å². The normalized spacial score (nSPS) is 28.8. The van der Waals surface area contributed by atoms with E-state index >= 15 is 0 Å². The number of aryl methyl sites for hydroxylation is 1. The van der Waals surface area contributed by atoms with Gasteiger partial charge in [-0.15, -0.1) is 6.42 Å². The van der Waals surface area contributed by atoms with E-state index in [1.807, 2.05) is 0 Å². The quantitative estimate of drug-likeness (QED) is 0.770. The number of hydrogen-bond acceptors (Lipinski definition) is 3. The van der Waals surface area contributed by atoms with Crippen LogP contribution in [0.25, 0.3) is 0 Å². The number of nitrogens with one attached hydrogen (secondary N) is 1. The van der Waals surface area contributed by atoms with Crippen LogP contribution < -0.4 is 5.32 Å². The third-order valence-corrected chi connectivity index (χ3v) is 6.34. The Labute approximate surface area is 167 Å². The average molecular weight is 402 g/mol. The smallest absolute Gasteiger partial charge is 0.274 e. The lowest BCUT2D eigenvalue weighted by molar-refractivity contribution is 0.0981. The monoisotopic (exact) mass is 401 g/mol. The maximum atomic E-state index is 13.3. The Morgan fingerprint density at radius 2 is 2.11 bits per heavy atom. The van der Waals surface area contributed by atoms with Gasteiger partial charge in [0.1, 0.15) is 17.1 Å². The second-order valence-electron chi connectivity index (χ2n) is 7.94. The Hall–Kier alpha value is -2.36. The van der Waals surface area contributed by atoms with Crippen molar-refractivity contribution in [2.45, 2.75) is 37.2 Å². The van der Waals surface area contributed by atoms with Gasteiger partial charge >= 0.3 is 0 Å². The van der Waals surface area contributed by atoms with E-state index in [0.29, 0.717) is 36.1 Å². The number of carbonyl (C=O) groups excluding carboxylic acids is 1. The van der Waals surface area contributed by atoms with Crippen molar-refractivity contribution in [2.24, 2.45) is 18.9 Å². The molecule has 1 aromatic carbocycles. The average Bonchev–Trinajstić information content (AvgIpc) is 3.29. The molecule has 1 aromatic heterocycles. The molecule has 2 unspecified atom stereocenters. The summed E-state index contributed by atoms with van der Waals surface area (Å²) in [5.74, 6) is 2.52. The molecule has 0 saturated heterocycles. The van der Waals surface area contributed by atoms with Gasteiger partial charge in [-0.1, -0.05) is 17.5 Å². The number of rotatable bonds is 3. The highest BCUT2D eigenvalue weighted by atomic mass is 35.5. The van der Waals surface area contributed by atoms with Crippen LogP contribution in [0, 0.1) is 30.0 Å². The first kappa shape index (κ1) is 19.0. The summed E-state index contributed by atoms with van der Waals surface area (Å²) < 4.78 is 15.0.